The molecule has 1 fully saturated rings. The Morgan fingerprint density at radius 3 is 2.41 bits per heavy atom. The molecule has 1 saturated heterocycles. The summed E-state index contributed by atoms with van der Waals surface area (Å²) in [5, 5.41) is 0. The number of sulfonamides is 1. The highest BCUT2D eigenvalue weighted by atomic mass is 32.2. The Kier molecular flexibility index (Phi) is 7.26. The van der Waals surface area contributed by atoms with E-state index in [1.54, 1.807) is 13.8 Å². The predicted octanol–water partition coefficient (Wildman–Crippen LogP) is 3.40. The fourth-order valence-corrected chi connectivity index (χ4v) is 4.87. The summed E-state index contributed by atoms with van der Waals surface area (Å²) in [6.45, 7) is 3.69. The van der Waals surface area contributed by atoms with Gasteiger partial charge in [0, 0.05) is 23.5 Å². The Balaban J connectivity index is 2.09. The van der Waals surface area contributed by atoms with E-state index in [-0.39, 0.29) is 34.5 Å². The second kappa shape index (κ2) is 8.95. The molecular formula is C18H23F3N2O4S2. The third kappa shape index (κ3) is 6.63. The van der Waals surface area contributed by atoms with Gasteiger partial charge in [0.05, 0.1) is 11.2 Å². The molecule has 1 heterocycles. The molecule has 162 valence electrons. The molecule has 0 spiro atoms. The maximum Gasteiger partial charge on any atom is 0.446 e. The van der Waals surface area contributed by atoms with E-state index in [0.29, 0.717) is 25.8 Å². The average molecular weight is 453 g/mol. The van der Waals surface area contributed by atoms with E-state index in [0.717, 1.165) is 0 Å². The average Bonchev–Trinajstić information content (AvgIpc) is 2.60. The van der Waals surface area contributed by atoms with E-state index in [1.807, 2.05) is 0 Å². The van der Waals surface area contributed by atoms with E-state index >= 15 is 0 Å². The van der Waals surface area contributed by atoms with E-state index in [4.69, 9.17) is 0 Å². The van der Waals surface area contributed by atoms with Crippen molar-refractivity contribution >= 4 is 33.6 Å². The zero-order chi connectivity index (χ0) is 21.9. The molecule has 6 nitrogen and oxygen atoms in total. The first-order valence-electron chi connectivity index (χ1n) is 9.05. The van der Waals surface area contributed by atoms with Crippen molar-refractivity contribution in [2.24, 2.45) is 5.41 Å². The molecule has 1 aliphatic rings. The number of thioether (sulfide) groups is 1. The normalized spacial score (nSPS) is 20.4. The lowest BCUT2D eigenvalue weighted by molar-refractivity contribution is -0.130. The molecule has 0 aliphatic carbocycles. The monoisotopic (exact) mass is 452 g/mol. The topological polar surface area (TPSA) is 83.6 Å². The third-order valence-corrected chi connectivity index (χ3v) is 6.77. The van der Waals surface area contributed by atoms with Crippen molar-refractivity contribution in [3.05, 3.63) is 29.8 Å². The van der Waals surface area contributed by atoms with Gasteiger partial charge in [-0.1, -0.05) is 6.92 Å². The van der Waals surface area contributed by atoms with Gasteiger partial charge in [-0.15, -0.1) is 0 Å². The minimum absolute atomic E-state index is 0.0262. The van der Waals surface area contributed by atoms with Crippen molar-refractivity contribution in [2.45, 2.75) is 43.5 Å². The summed E-state index contributed by atoms with van der Waals surface area (Å²) in [5.74, 6) is -1.23. The summed E-state index contributed by atoms with van der Waals surface area (Å²) in [4.78, 5) is 26.7. The van der Waals surface area contributed by atoms with Crippen LogP contribution in [0.15, 0.2) is 29.2 Å². The second-order valence-corrected chi connectivity index (χ2v) is 10.2. The van der Waals surface area contributed by atoms with Crippen LogP contribution < -0.4 is 4.72 Å². The van der Waals surface area contributed by atoms with E-state index < -0.39 is 32.8 Å². The number of nitrogens with one attached hydrogen (secondary N) is 1. The van der Waals surface area contributed by atoms with Gasteiger partial charge in [-0.05, 0) is 62.2 Å². The van der Waals surface area contributed by atoms with Gasteiger partial charge in [0.25, 0.3) is 5.91 Å². The van der Waals surface area contributed by atoms with E-state index in [2.05, 4.69) is 4.72 Å². The van der Waals surface area contributed by atoms with Crippen LogP contribution in [0.4, 0.5) is 13.2 Å². The number of alkyl halides is 3. The van der Waals surface area contributed by atoms with Gasteiger partial charge < -0.3 is 4.90 Å². The quantitative estimate of drug-likeness (QED) is 0.669. The number of halogens is 3. The second-order valence-electron chi connectivity index (χ2n) is 7.21. The van der Waals surface area contributed by atoms with Crippen molar-refractivity contribution in [3.63, 3.8) is 0 Å². The molecular weight excluding hydrogens is 429 g/mol. The van der Waals surface area contributed by atoms with Gasteiger partial charge in [0.2, 0.25) is 15.9 Å². The Morgan fingerprint density at radius 1 is 1.24 bits per heavy atom. The van der Waals surface area contributed by atoms with Crippen molar-refractivity contribution < 1.29 is 31.2 Å². The molecule has 1 aromatic rings. The van der Waals surface area contributed by atoms with Gasteiger partial charge in [-0.25, -0.2) is 8.42 Å². The predicted molar refractivity (Wildman–Crippen MR) is 104 cm³/mol. The highest BCUT2D eigenvalue weighted by Gasteiger charge is 2.41. The summed E-state index contributed by atoms with van der Waals surface area (Å²) in [7, 11) is -3.73. The molecule has 0 saturated carbocycles. The van der Waals surface area contributed by atoms with Crippen LogP contribution in [0.3, 0.4) is 0 Å². The molecule has 1 unspecified atom stereocenters. The number of rotatable bonds is 6. The molecule has 1 aliphatic heterocycles. The van der Waals surface area contributed by atoms with Gasteiger partial charge in [0.15, 0.2) is 0 Å². The largest absolute Gasteiger partial charge is 0.446 e. The Bertz CT molecular complexity index is 857. The van der Waals surface area contributed by atoms with Crippen LogP contribution in [-0.2, 0) is 14.8 Å². The lowest BCUT2D eigenvalue weighted by Crippen LogP contribution is -2.53. The SMILES string of the molecule is CCCS(=O)(=O)NC(=O)C1(C)CCCN(C(=O)c2ccc(SC(F)(F)F)cc2)C1. The summed E-state index contributed by atoms with van der Waals surface area (Å²) < 4.78 is 63.2. The number of hydrogen-bond acceptors (Lipinski definition) is 5. The highest BCUT2D eigenvalue weighted by molar-refractivity contribution is 8.00. The number of carbonyl (C=O) groups excluding carboxylic acids is 2. The molecule has 11 heteroatoms. The fourth-order valence-electron chi connectivity index (χ4n) is 3.16. The summed E-state index contributed by atoms with van der Waals surface area (Å²) in [6.07, 6.45) is 1.30. The van der Waals surface area contributed by atoms with Crippen LogP contribution in [0.25, 0.3) is 0 Å². The number of likely N-dealkylation sites (tertiary alicyclic amines) is 1. The standard InChI is InChI=1S/C18H23F3N2O4S2/c1-3-11-29(26,27)22-16(25)17(2)9-4-10-23(12-17)15(24)13-5-7-14(8-6-13)28-18(19,20)21/h5-8H,3-4,9-12H2,1-2H3,(H,22,25). The summed E-state index contributed by atoms with van der Waals surface area (Å²) >= 11 is -0.265. The van der Waals surface area contributed by atoms with Crippen molar-refractivity contribution in [1.29, 1.82) is 0 Å². The third-order valence-electron chi connectivity index (χ3n) is 4.59. The maximum atomic E-state index is 12.7. The number of carbonyl (C=O) groups is 2. The lowest BCUT2D eigenvalue weighted by atomic mass is 9.81. The molecule has 0 bridgehead atoms. The minimum atomic E-state index is -4.41. The first-order chi connectivity index (χ1) is 13.4. The number of nitrogens with zero attached hydrogens (tertiary/aromatic N) is 1. The van der Waals surface area contributed by atoms with Crippen molar-refractivity contribution in [3.8, 4) is 0 Å². The van der Waals surface area contributed by atoms with Gasteiger partial charge >= 0.3 is 5.51 Å². The van der Waals surface area contributed by atoms with Crippen LogP contribution in [-0.4, -0.2) is 49.5 Å². The van der Waals surface area contributed by atoms with E-state index in [1.165, 1.54) is 29.2 Å². The van der Waals surface area contributed by atoms with Crippen LogP contribution in [0.1, 0.15) is 43.5 Å². The number of piperidine rings is 1. The van der Waals surface area contributed by atoms with Gasteiger partial charge in [0.1, 0.15) is 0 Å². The Hall–Kier alpha value is -1.75. The highest BCUT2D eigenvalue weighted by Crippen LogP contribution is 2.37. The number of hydrogen-bond donors (Lipinski definition) is 1. The number of amides is 2. The van der Waals surface area contributed by atoms with Crippen molar-refractivity contribution in [1.82, 2.24) is 9.62 Å². The summed E-state index contributed by atoms with van der Waals surface area (Å²) in [5.41, 5.74) is -5.27. The molecule has 1 aromatic carbocycles. The molecule has 0 aromatic heterocycles. The van der Waals surface area contributed by atoms with Crippen molar-refractivity contribution in [2.75, 3.05) is 18.8 Å². The van der Waals surface area contributed by atoms with Crippen LogP contribution in [0.5, 0.6) is 0 Å². The Labute approximate surface area is 172 Å². The van der Waals surface area contributed by atoms with Gasteiger partial charge in [-0.3, -0.25) is 14.3 Å². The van der Waals surface area contributed by atoms with Crippen LogP contribution in [0, 0.1) is 5.41 Å². The molecule has 0 radical (unpaired) electrons. The van der Waals surface area contributed by atoms with Gasteiger partial charge in [-0.2, -0.15) is 13.2 Å². The molecule has 1 N–H and O–H groups in total. The molecule has 29 heavy (non-hydrogen) atoms. The van der Waals surface area contributed by atoms with E-state index in [9.17, 15) is 31.2 Å². The molecule has 2 rings (SSSR count). The Morgan fingerprint density at radius 2 is 1.86 bits per heavy atom. The molecule has 1 atom stereocenters. The maximum absolute atomic E-state index is 12.7. The zero-order valence-corrected chi connectivity index (χ0v) is 17.7. The first-order valence-corrected chi connectivity index (χ1v) is 11.5. The summed E-state index contributed by atoms with van der Waals surface area (Å²) in [6, 6.07) is 5.07. The smallest absolute Gasteiger partial charge is 0.338 e. The van der Waals surface area contributed by atoms with Crippen LogP contribution in [0.2, 0.25) is 0 Å². The lowest BCUT2D eigenvalue weighted by Gasteiger charge is -2.39. The fraction of sp³-hybridized carbons (Fsp3) is 0.556. The first kappa shape index (κ1) is 23.5. The number of benzene rings is 1. The minimum Gasteiger partial charge on any atom is -0.338 e. The zero-order valence-electron chi connectivity index (χ0n) is 16.1. The molecule has 2 amide bonds. The van der Waals surface area contributed by atoms with Crippen LogP contribution >= 0.6 is 11.8 Å².